The van der Waals surface area contributed by atoms with Crippen molar-refractivity contribution in [2.45, 2.75) is 62.0 Å². The minimum atomic E-state index is -1.22. The fraction of sp³-hybridized carbons (Fsp3) is 0.545. The van der Waals surface area contributed by atoms with Gasteiger partial charge in [-0.05, 0) is 6.92 Å². The van der Waals surface area contributed by atoms with Crippen LogP contribution in [0.5, 0.6) is 0 Å². The Balaban J connectivity index is 0.000000161. The SMILES string of the molecule is Cc1nc(N)c2ncn([C@@H]3O[C@H](CO)[C@H](O)C3O)c2n1.N=C1c2ncn([C@@H]3O[C@H](CO)[C@H](O)C3O)c2N=CC1N. The number of hydrogen-bond acceptors (Lipinski definition) is 16. The van der Waals surface area contributed by atoms with Gasteiger partial charge < -0.3 is 57.0 Å². The summed E-state index contributed by atoms with van der Waals surface area (Å²) in [6.45, 7) is 0.886. The van der Waals surface area contributed by atoms with Crippen LogP contribution in [-0.2, 0) is 9.47 Å². The normalized spacial score (nSPS) is 33.3. The third kappa shape index (κ3) is 4.64. The highest BCUT2D eigenvalue weighted by Crippen LogP contribution is 2.35. The van der Waals surface area contributed by atoms with Crippen molar-refractivity contribution in [2.24, 2.45) is 10.7 Å². The molecule has 6 heterocycles. The van der Waals surface area contributed by atoms with Crippen LogP contribution in [0.3, 0.4) is 0 Å². The standard InChI is InChI=1S/2C11H15N5O4/c1-4-14-9(12)6-10(15-4)16(3-13-6)11-8(19)7(18)5(2-17)20-11;12-4-1-14-10-7(6(4)13)15-3-16(10)11-9(19)8(18)5(2-17)20-11/h3,5,7-8,11,17-19H,2H2,1H3,(H2,12,14,15);1,3-5,8-9,11,13,17-19H,2,12H2/t5-,7+,8?,11-;4?,5-,8+,9?,11-/m11/s1. The summed E-state index contributed by atoms with van der Waals surface area (Å²) in [5.41, 5.74) is 12.7. The van der Waals surface area contributed by atoms with Gasteiger partial charge in [-0.15, -0.1) is 0 Å². The molecule has 18 nitrogen and oxygen atoms in total. The quantitative estimate of drug-likeness (QED) is 0.148. The number of nitrogens with zero attached hydrogens (tertiary/aromatic N) is 7. The highest BCUT2D eigenvalue weighted by Gasteiger charge is 2.45. The Morgan fingerprint density at radius 3 is 2.05 bits per heavy atom. The zero-order valence-electron chi connectivity index (χ0n) is 21.1. The second kappa shape index (κ2) is 10.8. The van der Waals surface area contributed by atoms with Gasteiger partial charge in [0.25, 0.3) is 0 Å². The Morgan fingerprint density at radius 2 is 1.48 bits per heavy atom. The van der Waals surface area contributed by atoms with E-state index in [1.807, 2.05) is 0 Å². The number of fused-ring (bicyclic) bond motifs is 2. The summed E-state index contributed by atoms with van der Waals surface area (Å²) >= 11 is 0. The van der Waals surface area contributed by atoms with Crippen molar-refractivity contribution < 1.29 is 40.1 Å². The van der Waals surface area contributed by atoms with Crippen LogP contribution in [0, 0.1) is 12.3 Å². The van der Waals surface area contributed by atoms with E-state index in [0.717, 1.165) is 0 Å². The van der Waals surface area contributed by atoms with Crippen LogP contribution >= 0.6 is 0 Å². The number of aliphatic hydroxyl groups excluding tert-OH is 6. The molecule has 0 amide bonds. The van der Waals surface area contributed by atoms with E-state index in [2.05, 4.69) is 24.9 Å². The van der Waals surface area contributed by atoms with E-state index in [1.54, 1.807) is 6.92 Å². The van der Waals surface area contributed by atoms with Crippen LogP contribution in [-0.4, -0.2) is 128 Å². The smallest absolute Gasteiger partial charge is 0.167 e. The number of nitrogen functional groups attached to an aromatic ring is 1. The van der Waals surface area contributed by atoms with Gasteiger partial charge in [0.1, 0.15) is 53.7 Å². The first-order chi connectivity index (χ1) is 19.1. The third-order valence-corrected chi connectivity index (χ3v) is 6.86. The van der Waals surface area contributed by atoms with E-state index >= 15 is 0 Å². The lowest BCUT2D eigenvalue weighted by Crippen LogP contribution is -2.35. The van der Waals surface area contributed by atoms with E-state index in [-0.39, 0.29) is 11.5 Å². The van der Waals surface area contributed by atoms with E-state index in [4.69, 9.17) is 36.6 Å². The number of rotatable bonds is 4. The summed E-state index contributed by atoms with van der Waals surface area (Å²) in [6.07, 6.45) is -4.13. The molecule has 2 fully saturated rings. The predicted molar refractivity (Wildman–Crippen MR) is 136 cm³/mol. The van der Waals surface area contributed by atoms with Crippen LogP contribution in [0.2, 0.25) is 0 Å². The van der Waals surface area contributed by atoms with Crippen LogP contribution < -0.4 is 11.5 Å². The molecule has 0 bridgehead atoms. The average molecular weight is 563 g/mol. The molecule has 0 spiro atoms. The number of ether oxygens (including phenoxy) is 2. The number of imidazole rings is 2. The molecule has 11 N–H and O–H groups in total. The fourth-order valence-electron chi connectivity index (χ4n) is 4.70. The Bertz CT molecular complexity index is 1430. The van der Waals surface area contributed by atoms with Crippen LogP contribution in [0.25, 0.3) is 11.2 Å². The zero-order chi connectivity index (χ0) is 28.9. The number of hydrogen-bond donors (Lipinski definition) is 9. The lowest BCUT2D eigenvalue weighted by atomic mass is 10.1. The van der Waals surface area contributed by atoms with Crippen LogP contribution in [0.1, 0.15) is 24.0 Å². The maximum atomic E-state index is 10.0. The zero-order valence-corrected chi connectivity index (χ0v) is 21.1. The molecule has 3 aliphatic rings. The topological polar surface area (TPSA) is 290 Å². The molecule has 9 atom stereocenters. The van der Waals surface area contributed by atoms with Gasteiger partial charge in [0.2, 0.25) is 0 Å². The van der Waals surface area contributed by atoms with Crippen molar-refractivity contribution in [1.82, 2.24) is 29.1 Å². The Hall–Kier alpha value is -3.46. The summed E-state index contributed by atoms with van der Waals surface area (Å²) in [7, 11) is 0. The number of nitrogens with two attached hydrogens (primary N) is 2. The van der Waals surface area contributed by atoms with E-state index < -0.39 is 68.3 Å². The molecule has 3 unspecified atom stereocenters. The first kappa shape index (κ1) is 28.1. The second-order valence-electron chi connectivity index (χ2n) is 9.48. The Labute approximate surface area is 225 Å². The van der Waals surface area contributed by atoms with Gasteiger partial charge in [0.15, 0.2) is 29.7 Å². The second-order valence-corrected chi connectivity index (χ2v) is 9.48. The Morgan fingerprint density at radius 1 is 0.900 bits per heavy atom. The maximum Gasteiger partial charge on any atom is 0.167 e. The number of aromatic nitrogens is 6. The van der Waals surface area contributed by atoms with Gasteiger partial charge >= 0.3 is 0 Å². The average Bonchev–Trinajstić information content (AvgIpc) is 3.68. The van der Waals surface area contributed by atoms with Crippen molar-refractivity contribution in [3.8, 4) is 0 Å². The molecule has 0 saturated carbocycles. The number of nitrogens with one attached hydrogen (secondary N) is 1. The number of aliphatic hydroxyl groups is 6. The van der Waals surface area contributed by atoms with Crippen molar-refractivity contribution in [1.29, 1.82) is 5.41 Å². The van der Waals surface area contributed by atoms with Gasteiger partial charge in [-0.2, -0.15) is 0 Å². The van der Waals surface area contributed by atoms with Crippen molar-refractivity contribution in [2.75, 3.05) is 18.9 Å². The van der Waals surface area contributed by atoms with E-state index in [1.165, 1.54) is 28.0 Å². The van der Waals surface area contributed by atoms with Gasteiger partial charge in [-0.3, -0.25) is 9.13 Å². The number of anilines is 1. The molecular formula is C22H30N10O8. The summed E-state index contributed by atoms with van der Waals surface area (Å²) in [4.78, 5) is 20.5. The molecule has 0 aromatic carbocycles. The summed E-state index contributed by atoms with van der Waals surface area (Å²) in [5.74, 6) is 1.04. The molecule has 3 aromatic rings. The maximum absolute atomic E-state index is 10.0. The summed E-state index contributed by atoms with van der Waals surface area (Å²) in [5, 5.41) is 65.6. The molecular weight excluding hydrogens is 532 g/mol. The monoisotopic (exact) mass is 562 g/mol. The Kier molecular flexibility index (Phi) is 7.61. The summed E-state index contributed by atoms with van der Waals surface area (Å²) < 4.78 is 13.7. The predicted octanol–water partition coefficient (Wildman–Crippen LogP) is -3.77. The van der Waals surface area contributed by atoms with Crippen LogP contribution in [0.4, 0.5) is 11.6 Å². The lowest BCUT2D eigenvalue weighted by Gasteiger charge is -2.19. The van der Waals surface area contributed by atoms with Gasteiger partial charge in [-0.1, -0.05) is 0 Å². The number of aryl methyl sites for hydroxylation is 1. The molecule has 0 aliphatic carbocycles. The minimum Gasteiger partial charge on any atom is -0.394 e. The van der Waals surface area contributed by atoms with Gasteiger partial charge in [-0.25, -0.2) is 24.9 Å². The molecule has 40 heavy (non-hydrogen) atoms. The van der Waals surface area contributed by atoms with Crippen molar-refractivity contribution in [3.63, 3.8) is 0 Å². The third-order valence-electron chi connectivity index (χ3n) is 6.86. The first-order valence-corrected chi connectivity index (χ1v) is 12.2. The molecule has 3 aliphatic heterocycles. The molecule has 3 aromatic heterocycles. The molecule has 18 heteroatoms. The highest BCUT2D eigenvalue weighted by molar-refractivity contribution is 6.14. The first-order valence-electron chi connectivity index (χ1n) is 12.2. The van der Waals surface area contributed by atoms with Gasteiger partial charge in [0, 0.05) is 6.21 Å². The largest absolute Gasteiger partial charge is 0.394 e. The van der Waals surface area contributed by atoms with Crippen molar-refractivity contribution >= 4 is 34.7 Å². The molecule has 2 saturated heterocycles. The fourth-order valence-corrected chi connectivity index (χ4v) is 4.70. The van der Waals surface area contributed by atoms with E-state index in [9.17, 15) is 20.4 Å². The summed E-state index contributed by atoms with van der Waals surface area (Å²) in [6, 6.07) is -0.615. The van der Waals surface area contributed by atoms with Crippen LogP contribution in [0.15, 0.2) is 17.6 Å². The minimum absolute atomic E-state index is 0.125. The molecule has 6 rings (SSSR count). The van der Waals surface area contributed by atoms with Gasteiger partial charge in [0.05, 0.1) is 37.6 Å². The highest BCUT2D eigenvalue weighted by atomic mass is 16.6. The molecule has 216 valence electrons. The van der Waals surface area contributed by atoms with E-state index in [0.29, 0.717) is 28.5 Å². The lowest BCUT2D eigenvalue weighted by molar-refractivity contribution is -0.0519. The van der Waals surface area contributed by atoms with Crippen molar-refractivity contribution in [3.05, 3.63) is 24.2 Å². The number of aliphatic imine (C=N–C) groups is 1. The molecule has 0 radical (unpaired) electrons.